The molecule has 0 spiro atoms. The van der Waals surface area contributed by atoms with E-state index in [4.69, 9.17) is 19.5 Å². The molecule has 102 valence electrons. The number of ether oxygens (including phenoxy) is 3. The molecule has 1 atom stereocenters. The zero-order valence-corrected chi connectivity index (χ0v) is 11.2. The Bertz CT molecular complexity index is 447. The lowest BCUT2D eigenvalue weighted by Gasteiger charge is -2.22. The monoisotopic (exact) mass is 261 g/mol. The van der Waals surface area contributed by atoms with Gasteiger partial charge in [-0.25, -0.2) is 0 Å². The Kier molecular flexibility index (Phi) is 5.20. The molecular weight excluding hydrogens is 242 g/mol. The van der Waals surface area contributed by atoms with Gasteiger partial charge >= 0.3 is 0 Å². The molecule has 0 saturated carbocycles. The minimum absolute atomic E-state index is 0.0918. The molecular formula is C15H19NO3. The molecule has 0 amide bonds. The Morgan fingerprint density at radius 1 is 1.37 bits per heavy atom. The van der Waals surface area contributed by atoms with Gasteiger partial charge in [0.05, 0.1) is 12.2 Å². The van der Waals surface area contributed by atoms with Crippen molar-refractivity contribution in [1.82, 2.24) is 0 Å². The van der Waals surface area contributed by atoms with Gasteiger partial charge in [-0.15, -0.1) is 0 Å². The Morgan fingerprint density at radius 3 is 3.00 bits per heavy atom. The number of benzene rings is 1. The molecule has 1 aromatic rings. The summed E-state index contributed by atoms with van der Waals surface area (Å²) in [7, 11) is 0. The van der Waals surface area contributed by atoms with Gasteiger partial charge in [0.15, 0.2) is 6.29 Å². The lowest BCUT2D eigenvalue weighted by Crippen LogP contribution is -2.24. The lowest BCUT2D eigenvalue weighted by molar-refractivity contribution is -0.165. The average Bonchev–Trinajstić information content (AvgIpc) is 2.46. The number of nitriles is 1. The van der Waals surface area contributed by atoms with E-state index in [0.29, 0.717) is 24.5 Å². The van der Waals surface area contributed by atoms with Crippen molar-refractivity contribution < 1.29 is 14.2 Å². The van der Waals surface area contributed by atoms with Crippen LogP contribution in [0.2, 0.25) is 0 Å². The standard InChI is InChI=1S/C15H19NO3/c1-12-5-6-14(13(10-12)11-16)17-8-9-19-15-4-2-3-7-18-15/h5-6,10,15H,2-4,7-9H2,1H3. The first-order valence-electron chi connectivity index (χ1n) is 6.66. The molecule has 1 aliphatic heterocycles. The van der Waals surface area contributed by atoms with E-state index in [1.54, 1.807) is 0 Å². The molecule has 1 saturated heterocycles. The van der Waals surface area contributed by atoms with Crippen molar-refractivity contribution >= 4 is 0 Å². The van der Waals surface area contributed by atoms with E-state index in [1.165, 1.54) is 0 Å². The van der Waals surface area contributed by atoms with Gasteiger partial charge in [0.1, 0.15) is 18.4 Å². The van der Waals surface area contributed by atoms with Crippen molar-refractivity contribution in [3.63, 3.8) is 0 Å². The molecule has 1 heterocycles. The predicted octanol–water partition coefficient (Wildman–Crippen LogP) is 2.79. The molecule has 0 radical (unpaired) electrons. The van der Waals surface area contributed by atoms with E-state index >= 15 is 0 Å². The lowest BCUT2D eigenvalue weighted by atomic mass is 10.1. The number of hydrogen-bond donors (Lipinski definition) is 0. The molecule has 19 heavy (non-hydrogen) atoms. The van der Waals surface area contributed by atoms with E-state index < -0.39 is 0 Å². The first-order chi connectivity index (χ1) is 9.29. The molecule has 0 aliphatic carbocycles. The Labute approximate surface area is 113 Å². The quantitative estimate of drug-likeness (QED) is 0.765. The van der Waals surface area contributed by atoms with E-state index in [0.717, 1.165) is 31.4 Å². The molecule has 1 aromatic carbocycles. The third kappa shape index (κ3) is 4.23. The number of rotatable bonds is 5. The van der Waals surface area contributed by atoms with Crippen LogP contribution >= 0.6 is 0 Å². The summed E-state index contributed by atoms with van der Waals surface area (Å²) in [5, 5.41) is 9.02. The topological polar surface area (TPSA) is 51.5 Å². The van der Waals surface area contributed by atoms with Gasteiger partial charge in [-0.2, -0.15) is 5.26 Å². The van der Waals surface area contributed by atoms with E-state index in [-0.39, 0.29) is 6.29 Å². The SMILES string of the molecule is Cc1ccc(OCCOC2CCCCO2)c(C#N)c1. The summed E-state index contributed by atoms with van der Waals surface area (Å²) >= 11 is 0. The Morgan fingerprint density at radius 2 is 2.26 bits per heavy atom. The molecule has 1 unspecified atom stereocenters. The third-order valence-corrected chi connectivity index (χ3v) is 3.04. The molecule has 4 heteroatoms. The summed E-state index contributed by atoms with van der Waals surface area (Å²) in [4.78, 5) is 0. The minimum Gasteiger partial charge on any atom is -0.490 e. The number of nitrogens with zero attached hydrogens (tertiary/aromatic N) is 1. The second kappa shape index (κ2) is 7.13. The van der Waals surface area contributed by atoms with Crippen LogP contribution in [0.3, 0.4) is 0 Å². The molecule has 1 aliphatic rings. The van der Waals surface area contributed by atoms with E-state index in [2.05, 4.69) is 6.07 Å². The summed E-state index contributed by atoms with van der Waals surface area (Å²) in [6.45, 7) is 3.64. The van der Waals surface area contributed by atoms with Crippen molar-refractivity contribution in [3.8, 4) is 11.8 Å². The van der Waals surface area contributed by atoms with Crippen molar-refractivity contribution in [2.75, 3.05) is 19.8 Å². The number of aryl methyl sites for hydroxylation is 1. The van der Waals surface area contributed by atoms with Crippen molar-refractivity contribution in [1.29, 1.82) is 5.26 Å². The largest absolute Gasteiger partial charge is 0.490 e. The number of hydrogen-bond acceptors (Lipinski definition) is 4. The second-order valence-corrected chi connectivity index (χ2v) is 4.63. The van der Waals surface area contributed by atoms with Crippen LogP contribution in [0.5, 0.6) is 5.75 Å². The summed E-state index contributed by atoms with van der Waals surface area (Å²) in [6, 6.07) is 7.71. The molecule has 0 N–H and O–H groups in total. The minimum atomic E-state index is -0.0918. The summed E-state index contributed by atoms with van der Waals surface area (Å²) in [6.07, 6.45) is 3.13. The van der Waals surface area contributed by atoms with E-state index in [1.807, 2.05) is 25.1 Å². The smallest absolute Gasteiger partial charge is 0.157 e. The van der Waals surface area contributed by atoms with Crippen LogP contribution in [0.1, 0.15) is 30.4 Å². The van der Waals surface area contributed by atoms with Crippen LogP contribution in [0.15, 0.2) is 18.2 Å². The maximum absolute atomic E-state index is 9.02. The zero-order chi connectivity index (χ0) is 13.5. The van der Waals surface area contributed by atoms with Gasteiger partial charge in [-0.05, 0) is 43.9 Å². The first-order valence-corrected chi connectivity index (χ1v) is 6.66. The highest BCUT2D eigenvalue weighted by Gasteiger charge is 2.13. The highest BCUT2D eigenvalue weighted by atomic mass is 16.7. The highest BCUT2D eigenvalue weighted by Crippen LogP contribution is 2.19. The van der Waals surface area contributed by atoms with Gasteiger partial charge < -0.3 is 14.2 Å². The van der Waals surface area contributed by atoms with Crippen LogP contribution in [0, 0.1) is 18.3 Å². The Hall–Kier alpha value is -1.57. The van der Waals surface area contributed by atoms with Crippen LogP contribution in [0.4, 0.5) is 0 Å². The van der Waals surface area contributed by atoms with E-state index in [9.17, 15) is 0 Å². The zero-order valence-electron chi connectivity index (χ0n) is 11.2. The van der Waals surface area contributed by atoms with Crippen LogP contribution in [-0.2, 0) is 9.47 Å². The average molecular weight is 261 g/mol. The van der Waals surface area contributed by atoms with Gasteiger partial charge in [-0.1, -0.05) is 6.07 Å². The first kappa shape index (κ1) is 13.9. The van der Waals surface area contributed by atoms with Crippen LogP contribution in [0.25, 0.3) is 0 Å². The molecule has 0 aromatic heterocycles. The van der Waals surface area contributed by atoms with Gasteiger partial charge in [0.2, 0.25) is 0 Å². The molecule has 4 nitrogen and oxygen atoms in total. The third-order valence-electron chi connectivity index (χ3n) is 3.04. The fourth-order valence-electron chi connectivity index (χ4n) is 2.03. The van der Waals surface area contributed by atoms with Crippen LogP contribution < -0.4 is 4.74 Å². The van der Waals surface area contributed by atoms with Crippen LogP contribution in [-0.4, -0.2) is 26.1 Å². The van der Waals surface area contributed by atoms with Gasteiger partial charge in [0.25, 0.3) is 0 Å². The van der Waals surface area contributed by atoms with Gasteiger partial charge in [-0.3, -0.25) is 0 Å². The Balaban J connectivity index is 1.75. The summed E-state index contributed by atoms with van der Waals surface area (Å²) in [5.74, 6) is 0.612. The predicted molar refractivity (Wildman–Crippen MR) is 70.9 cm³/mol. The fraction of sp³-hybridized carbons (Fsp3) is 0.533. The molecule has 0 bridgehead atoms. The van der Waals surface area contributed by atoms with Gasteiger partial charge in [0, 0.05) is 6.61 Å². The van der Waals surface area contributed by atoms with Crippen molar-refractivity contribution in [3.05, 3.63) is 29.3 Å². The maximum atomic E-state index is 9.02. The maximum Gasteiger partial charge on any atom is 0.157 e. The second-order valence-electron chi connectivity index (χ2n) is 4.63. The normalized spacial score (nSPS) is 18.8. The van der Waals surface area contributed by atoms with Crippen molar-refractivity contribution in [2.45, 2.75) is 32.5 Å². The summed E-state index contributed by atoms with van der Waals surface area (Å²) < 4.78 is 16.6. The van der Waals surface area contributed by atoms with Crippen molar-refractivity contribution in [2.24, 2.45) is 0 Å². The molecule has 1 fully saturated rings. The highest BCUT2D eigenvalue weighted by molar-refractivity contribution is 5.45. The summed E-state index contributed by atoms with van der Waals surface area (Å²) in [5.41, 5.74) is 1.62. The molecule has 2 rings (SSSR count). The fourth-order valence-corrected chi connectivity index (χ4v) is 2.03.